The van der Waals surface area contributed by atoms with Gasteiger partial charge in [-0.15, -0.1) is 0 Å². The predicted octanol–water partition coefficient (Wildman–Crippen LogP) is 5.63. The predicted molar refractivity (Wildman–Crippen MR) is 132 cm³/mol. The third-order valence-electron chi connectivity index (χ3n) is 5.02. The summed E-state index contributed by atoms with van der Waals surface area (Å²) in [6, 6.07) is 32.4. The first-order valence-corrected chi connectivity index (χ1v) is 10.9. The van der Waals surface area contributed by atoms with Crippen LogP contribution in [0.3, 0.4) is 0 Å². The van der Waals surface area contributed by atoms with E-state index in [-0.39, 0.29) is 0 Å². The maximum absolute atomic E-state index is 4.89. The summed E-state index contributed by atoms with van der Waals surface area (Å²) < 4.78 is 0. The Morgan fingerprint density at radius 3 is 1.28 bits per heavy atom. The van der Waals surface area contributed by atoms with Gasteiger partial charge in [-0.3, -0.25) is 20.0 Å². The molecule has 0 saturated carbocycles. The molecule has 0 N–H and O–H groups in total. The normalized spacial score (nSPS) is 12.0. The van der Waals surface area contributed by atoms with Gasteiger partial charge in [0.25, 0.3) is 0 Å². The maximum Gasteiger partial charge on any atom is 0.0903 e. The van der Waals surface area contributed by atoms with Gasteiger partial charge < -0.3 is 0 Å². The molecule has 32 heavy (non-hydrogen) atoms. The first kappa shape index (κ1) is 21.3. The molecule has 4 heteroatoms. The summed E-state index contributed by atoms with van der Waals surface area (Å²) in [7, 11) is 0. The largest absolute Gasteiger partial charge is 0.282 e. The Balaban J connectivity index is 1.43. The first-order chi connectivity index (χ1) is 15.9. The van der Waals surface area contributed by atoms with Gasteiger partial charge in [0.05, 0.1) is 22.8 Å². The van der Waals surface area contributed by atoms with Crippen molar-refractivity contribution in [2.24, 2.45) is 9.98 Å². The Morgan fingerprint density at radius 2 is 0.906 bits per heavy atom. The summed E-state index contributed by atoms with van der Waals surface area (Å²) in [5.74, 6) is 0. The SMILES string of the molecule is c1ccc(/C(=N/CCCC/N=C(/c2ccccc2)c2ccccn2)c2ccccn2)cc1. The van der Waals surface area contributed by atoms with Crippen LogP contribution in [0.4, 0.5) is 0 Å². The molecule has 4 aromatic rings. The van der Waals surface area contributed by atoms with Crippen molar-refractivity contribution in [1.29, 1.82) is 0 Å². The van der Waals surface area contributed by atoms with Gasteiger partial charge in [0.2, 0.25) is 0 Å². The van der Waals surface area contributed by atoms with Crippen LogP contribution in [-0.2, 0) is 0 Å². The van der Waals surface area contributed by atoms with Crippen LogP contribution >= 0.6 is 0 Å². The molecule has 0 aliphatic carbocycles. The minimum Gasteiger partial charge on any atom is -0.282 e. The van der Waals surface area contributed by atoms with E-state index in [1.807, 2.05) is 85.2 Å². The van der Waals surface area contributed by atoms with E-state index < -0.39 is 0 Å². The quantitative estimate of drug-likeness (QED) is 0.261. The van der Waals surface area contributed by atoms with Crippen molar-refractivity contribution >= 4 is 11.4 Å². The van der Waals surface area contributed by atoms with Gasteiger partial charge in [0, 0.05) is 36.6 Å². The van der Waals surface area contributed by atoms with Crippen LogP contribution in [0.5, 0.6) is 0 Å². The summed E-state index contributed by atoms with van der Waals surface area (Å²) in [6.45, 7) is 1.47. The molecule has 4 rings (SSSR count). The van der Waals surface area contributed by atoms with Gasteiger partial charge in [0.1, 0.15) is 0 Å². The van der Waals surface area contributed by atoms with E-state index in [2.05, 4.69) is 34.2 Å². The molecule has 158 valence electrons. The lowest BCUT2D eigenvalue weighted by Crippen LogP contribution is -2.07. The molecule has 0 saturated heterocycles. The van der Waals surface area contributed by atoms with Crippen LogP contribution in [-0.4, -0.2) is 34.5 Å². The Kier molecular flexibility index (Phi) is 7.64. The third-order valence-corrected chi connectivity index (χ3v) is 5.02. The van der Waals surface area contributed by atoms with E-state index >= 15 is 0 Å². The van der Waals surface area contributed by atoms with E-state index in [4.69, 9.17) is 9.98 Å². The fourth-order valence-corrected chi connectivity index (χ4v) is 3.44. The lowest BCUT2D eigenvalue weighted by molar-refractivity contribution is 0.757. The highest BCUT2D eigenvalue weighted by Crippen LogP contribution is 2.11. The highest BCUT2D eigenvalue weighted by molar-refractivity contribution is 6.12. The van der Waals surface area contributed by atoms with E-state index in [9.17, 15) is 0 Å². The minimum atomic E-state index is 0.737. The molecule has 2 aromatic carbocycles. The molecule has 0 bridgehead atoms. The van der Waals surface area contributed by atoms with Crippen molar-refractivity contribution in [2.75, 3.05) is 13.1 Å². The summed E-state index contributed by atoms with van der Waals surface area (Å²) in [5, 5.41) is 0. The van der Waals surface area contributed by atoms with Gasteiger partial charge >= 0.3 is 0 Å². The monoisotopic (exact) mass is 418 g/mol. The lowest BCUT2D eigenvalue weighted by Gasteiger charge is -2.08. The fourth-order valence-electron chi connectivity index (χ4n) is 3.44. The van der Waals surface area contributed by atoms with E-state index in [0.29, 0.717) is 0 Å². The summed E-state index contributed by atoms with van der Waals surface area (Å²) in [6.07, 6.45) is 5.53. The molecule has 0 aliphatic heterocycles. The minimum absolute atomic E-state index is 0.737. The van der Waals surface area contributed by atoms with Crippen LogP contribution < -0.4 is 0 Å². The van der Waals surface area contributed by atoms with Crippen LogP contribution in [0, 0.1) is 0 Å². The van der Waals surface area contributed by atoms with Crippen LogP contribution in [0.25, 0.3) is 0 Å². The molecule has 0 spiro atoms. The molecule has 2 heterocycles. The summed E-state index contributed by atoms with van der Waals surface area (Å²) in [5.41, 5.74) is 5.86. The number of benzene rings is 2. The molecular weight excluding hydrogens is 392 g/mol. The van der Waals surface area contributed by atoms with E-state index in [1.54, 1.807) is 0 Å². The molecule has 0 radical (unpaired) electrons. The van der Waals surface area contributed by atoms with Crippen molar-refractivity contribution in [1.82, 2.24) is 9.97 Å². The van der Waals surface area contributed by atoms with Crippen molar-refractivity contribution in [3.05, 3.63) is 132 Å². The second-order valence-corrected chi connectivity index (χ2v) is 7.33. The third kappa shape index (κ3) is 5.82. The zero-order valence-electron chi connectivity index (χ0n) is 18.0. The number of aliphatic imine (C=N–C) groups is 2. The van der Waals surface area contributed by atoms with Crippen molar-refractivity contribution in [2.45, 2.75) is 12.8 Å². The summed E-state index contributed by atoms with van der Waals surface area (Å²) >= 11 is 0. The van der Waals surface area contributed by atoms with E-state index in [1.165, 1.54) is 0 Å². The molecule has 0 aliphatic rings. The van der Waals surface area contributed by atoms with Gasteiger partial charge in [-0.25, -0.2) is 0 Å². The van der Waals surface area contributed by atoms with Crippen LogP contribution in [0.15, 0.2) is 119 Å². The van der Waals surface area contributed by atoms with Gasteiger partial charge in [0.15, 0.2) is 0 Å². The number of pyridine rings is 2. The fraction of sp³-hybridized carbons (Fsp3) is 0.143. The first-order valence-electron chi connectivity index (χ1n) is 10.9. The Morgan fingerprint density at radius 1 is 0.500 bits per heavy atom. The molecule has 0 atom stereocenters. The second-order valence-electron chi connectivity index (χ2n) is 7.33. The topological polar surface area (TPSA) is 50.5 Å². The molecule has 0 amide bonds. The average molecular weight is 419 g/mol. The maximum atomic E-state index is 4.89. The number of rotatable bonds is 9. The Labute approximate surface area is 189 Å². The zero-order chi connectivity index (χ0) is 21.8. The zero-order valence-corrected chi connectivity index (χ0v) is 18.0. The van der Waals surface area contributed by atoms with Gasteiger partial charge in [-0.2, -0.15) is 0 Å². The molecule has 2 aromatic heterocycles. The highest BCUT2D eigenvalue weighted by Gasteiger charge is 2.08. The smallest absolute Gasteiger partial charge is 0.0903 e. The van der Waals surface area contributed by atoms with Crippen LogP contribution in [0.2, 0.25) is 0 Å². The number of hydrogen-bond acceptors (Lipinski definition) is 4. The van der Waals surface area contributed by atoms with E-state index in [0.717, 1.165) is 59.9 Å². The van der Waals surface area contributed by atoms with Crippen molar-refractivity contribution in [3.63, 3.8) is 0 Å². The van der Waals surface area contributed by atoms with Crippen LogP contribution in [0.1, 0.15) is 35.4 Å². The molecule has 0 fully saturated rings. The second kappa shape index (κ2) is 11.5. The molecule has 4 nitrogen and oxygen atoms in total. The molecule has 0 unspecified atom stereocenters. The number of aromatic nitrogens is 2. The Hall–Kier alpha value is -3.92. The standard InChI is InChI=1S/C28H26N4/c1-3-13-23(14-4-1)27(25-17-7-9-19-29-25)31-21-11-12-22-32-28(24-15-5-2-6-16-24)26-18-8-10-20-30-26/h1-10,13-20H,11-12,21-22H2/b31-27-,32-28-. The lowest BCUT2D eigenvalue weighted by atomic mass is 10.1. The molecular formula is C28H26N4. The average Bonchev–Trinajstić information content (AvgIpc) is 2.88. The highest BCUT2D eigenvalue weighted by atomic mass is 14.8. The number of nitrogens with zero attached hydrogens (tertiary/aromatic N) is 4. The number of hydrogen-bond donors (Lipinski definition) is 0. The van der Waals surface area contributed by atoms with Crippen molar-refractivity contribution in [3.8, 4) is 0 Å². The van der Waals surface area contributed by atoms with Crippen molar-refractivity contribution < 1.29 is 0 Å². The summed E-state index contributed by atoms with van der Waals surface area (Å²) in [4.78, 5) is 18.8. The number of unbranched alkanes of at least 4 members (excludes halogenated alkanes) is 1. The van der Waals surface area contributed by atoms with Gasteiger partial charge in [-0.05, 0) is 37.1 Å². The van der Waals surface area contributed by atoms with Gasteiger partial charge in [-0.1, -0.05) is 72.8 Å². The Bertz CT molecular complexity index is 961.